The van der Waals surface area contributed by atoms with Crippen molar-refractivity contribution in [3.8, 4) is 0 Å². The lowest BCUT2D eigenvalue weighted by Crippen LogP contribution is -2.09. The van der Waals surface area contributed by atoms with Crippen LogP contribution >= 0.6 is 11.8 Å². The minimum Gasteiger partial charge on any atom is -0.330 e. The molecule has 2 N–H and O–H groups in total. The number of carbonyl (C=O) groups excluding carboxylic acids is 1. The van der Waals surface area contributed by atoms with E-state index in [1.807, 2.05) is 24.8 Å². The van der Waals surface area contributed by atoms with Crippen LogP contribution in [0.5, 0.6) is 0 Å². The summed E-state index contributed by atoms with van der Waals surface area (Å²) in [6.45, 7) is 2.64. The molecule has 1 aromatic rings. The van der Waals surface area contributed by atoms with Gasteiger partial charge in [-0.2, -0.15) is 0 Å². The fourth-order valence-corrected chi connectivity index (χ4v) is 3.63. The van der Waals surface area contributed by atoms with Crippen LogP contribution in [0.4, 0.5) is 0 Å². The lowest BCUT2D eigenvalue weighted by Gasteiger charge is -2.17. The van der Waals surface area contributed by atoms with Gasteiger partial charge in [0.15, 0.2) is 5.78 Å². The van der Waals surface area contributed by atoms with E-state index >= 15 is 0 Å². The minimum absolute atomic E-state index is 0.235. The number of rotatable bonds is 4. The summed E-state index contributed by atoms with van der Waals surface area (Å²) < 4.78 is 0. The second-order valence-corrected chi connectivity index (χ2v) is 5.93. The van der Waals surface area contributed by atoms with Crippen LogP contribution in [0, 0.1) is 0 Å². The quantitative estimate of drug-likeness (QED) is 0.844. The van der Waals surface area contributed by atoms with Gasteiger partial charge in [-0.05, 0) is 55.2 Å². The third-order valence-electron chi connectivity index (χ3n) is 3.56. The molecule has 98 valence electrons. The van der Waals surface area contributed by atoms with E-state index in [9.17, 15) is 4.79 Å². The van der Waals surface area contributed by atoms with E-state index in [-0.39, 0.29) is 5.78 Å². The molecule has 0 aromatic heterocycles. The molecule has 18 heavy (non-hydrogen) atoms. The predicted octanol–water partition coefficient (Wildman–Crippen LogP) is 3.60. The molecule has 0 aliphatic carbocycles. The molecule has 1 aromatic carbocycles. The first-order valence-corrected chi connectivity index (χ1v) is 7.74. The first kappa shape index (κ1) is 13.6. The Kier molecular flexibility index (Phi) is 4.84. The Morgan fingerprint density at radius 3 is 3.06 bits per heavy atom. The van der Waals surface area contributed by atoms with Crippen molar-refractivity contribution in [2.24, 2.45) is 5.73 Å². The fraction of sp³-hybridized carbons (Fsp3) is 0.533. The monoisotopic (exact) mass is 263 g/mol. The zero-order valence-electron chi connectivity index (χ0n) is 10.9. The van der Waals surface area contributed by atoms with Gasteiger partial charge in [0.2, 0.25) is 0 Å². The average Bonchev–Trinajstić information content (AvgIpc) is 2.60. The molecular formula is C15H21NOS. The smallest absolute Gasteiger partial charge is 0.162 e. The van der Waals surface area contributed by atoms with Gasteiger partial charge in [-0.1, -0.05) is 13.0 Å². The van der Waals surface area contributed by atoms with Gasteiger partial charge in [-0.15, -0.1) is 11.8 Å². The number of thioether (sulfide) groups is 1. The van der Waals surface area contributed by atoms with Crippen LogP contribution in [0.15, 0.2) is 23.1 Å². The number of hydrogen-bond donors (Lipinski definition) is 1. The van der Waals surface area contributed by atoms with Crippen molar-refractivity contribution in [2.75, 3.05) is 12.3 Å². The first-order valence-electron chi connectivity index (χ1n) is 6.76. The molecule has 1 atom stereocenters. The van der Waals surface area contributed by atoms with E-state index in [1.165, 1.54) is 29.1 Å². The molecule has 2 rings (SSSR count). The SMILES string of the molecule is CCC(=O)c1ccc2c(c1)C(CCN)CCCS2. The third kappa shape index (κ3) is 2.96. The Morgan fingerprint density at radius 2 is 2.33 bits per heavy atom. The van der Waals surface area contributed by atoms with Crippen LogP contribution in [-0.2, 0) is 0 Å². The van der Waals surface area contributed by atoms with Gasteiger partial charge in [-0.3, -0.25) is 4.79 Å². The van der Waals surface area contributed by atoms with E-state index in [1.54, 1.807) is 0 Å². The van der Waals surface area contributed by atoms with Crippen molar-refractivity contribution in [3.05, 3.63) is 29.3 Å². The molecule has 1 aliphatic heterocycles. The van der Waals surface area contributed by atoms with E-state index in [0.29, 0.717) is 12.3 Å². The van der Waals surface area contributed by atoms with Gasteiger partial charge in [0, 0.05) is 16.9 Å². The molecule has 3 heteroatoms. The van der Waals surface area contributed by atoms with Crippen molar-refractivity contribution in [1.82, 2.24) is 0 Å². The Labute approximate surface area is 113 Å². The van der Waals surface area contributed by atoms with Crippen LogP contribution in [-0.4, -0.2) is 18.1 Å². The van der Waals surface area contributed by atoms with E-state index < -0.39 is 0 Å². The molecule has 1 unspecified atom stereocenters. The standard InChI is InChI=1S/C15H21NOS/c1-2-14(17)12-5-6-15-13(10-12)11(7-8-16)4-3-9-18-15/h5-6,10-11H,2-4,7-9,16H2,1H3. The van der Waals surface area contributed by atoms with Crippen molar-refractivity contribution in [1.29, 1.82) is 0 Å². The van der Waals surface area contributed by atoms with Gasteiger partial charge in [0.1, 0.15) is 0 Å². The normalized spacial score (nSPS) is 19.1. The first-order chi connectivity index (χ1) is 8.76. The Bertz CT molecular complexity index is 431. The number of Topliss-reactive ketones (excluding diaryl/α,β-unsaturated/α-hetero) is 1. The number of hydrogen-bond acceptors (Lipinski definition) is 3. The van der Waals surface area contributed by atoms with Gasteiger partial charge in [0.25, 0.3) is 0 Å². The summed E-state index contributed by atoms with van der Waals surface area (Å²) in [6, 6.07) is 6.21. The molecule has 1 heterocycles. The molecule has 0 saturated carbocycles. The highest BCUT2D eigenvalue weighted by atomic mass is 32.2. The topological polar surface area (TPSA) is 43.1 Å². The summed E-state index contributed by atoms with van der Waals surface area (Å²) in [5.41, 5.74) is 7.93. The molecule has 0 radical (unpaired) electrons. The van der Waals surface area contributed by atoms with Gasteiger partial charge in [0.05, 0.1) is 0 Å². The maximum absolute atomic E-state index is 11.8. The number of nitrogens with two attached hydrogens (primary N) is 1. The lowest BCUT2D eigenvalue weighted by atomic mass is 9.90. The van der Waals surface area contributed by atoms with Crippen LogP contribution in [0.25, 0.3) is 0 Å². The van der Waals surface area contributed by atoms with Crippen molar-refractivity contribution < 1.29 is 4.79 Å². The summed E-state index contributed by atoms with van der Waals surface area (Å²) in [5.74, 6) is 1.94. The van der Waals surface area contributed by atoms with E-state index in [0.717, 1.165) is 18.5 Å². The number of benzene rings is 1. The minimum atomic E-state index is 0.235. The molecule has 0 spiro atoms. The number of carbonyl (C=O) groups is 1. The summed E-state index contributed by atoms with van der Waals surface area (Å²) in [4.78, 5) is 13.2. The third-order valence-corrected chi connectivity index (χ3v) is 4.74. The van der Waals surface area contributed by atoms with Gasteiger partial charge < -0.3 is 5.73 Å². The molecule has 0 fully saturated rings. The van der Waals surface area contributed by atoms with Crippen molar-refractivity contribution in [2.45, 2.75) is 43.4 Å². The highest BCUT2D eigenvalue weighted by Crippen LogP contribution is 2.38. The van der Waals surface area contributed by atoms with Gasteiger partial charge in [-0.25, -0.2) is 0 Å². The second kappa shape index (κ2) is 6.39. The van der Waals surface area contributed by atoms with Crippen molar-refractivity contribution in [3.63, 3.8) is 0 Å². The zero-order valence-corrected chi connectivity index (χ0v) is 11.8. The van der Waals surface area contributed by atoms with Crippen molar-refractivity contribution >= 4 is 17.5 Å². The summed E-state index contributed by atoms with van der Waals surface area (Å²) in [7, 11) is 0. The summed E-state index contributed by atoms with van der Waals surface area (Å²) in [6.07, 6.45) is 4.03. The second-order valence-electron chi connectivity index (χ2n) is 4.79. The highest BCUT2D eigenvalue weighted by molar-refractivity contribution is 7.99. The highest BCUT2D eigenvalue weighted by Gasteiger charge is 2.19. The predicted molar refractivity (Wildman–Crippen MR) is 77.4 cm³/mol. The lowest BCUT2D eigenvalue weighted by molar-refractivity contribution is 0.0988. The molecule has 0 amide bonds. The molecule has 0 saturated heterocycles. The number of fused-ring (bicyclic) bond motifs is 1. The summed E-state index contributed by atoms with van der Waals surface area (Å²) >= 11 is 1.92. The van der Waals surface area contributed by atoms with Crippen LogP contribution in [0.1, 0.15) is 54.4 Å². The van der Waals surface area contributed by atoms with Crippen LogP contribution in [0.3, 0.4) is 0 Å². The maximum Gasteiger partial charge on any atom is 0.162 e. The van der Waals surface area contributed by atoms with E-state index in [2.05, 4.69) is 12.1 Å². The summed E-state index contributed by atoms with van der Waals surface area (Å²) in [5, 5.41) is 0. The maximum atomic E-state index is 11.8. The fourth-order valence-electron chi connectivity index (χ4n) is 2.54. The van der Waals surface area contributed by atoms with Crippen LogP contribution in [0.2, 0.25) is 0 Å². The Balaban J connectivity index is 2.36. The average molecular weight is 263 g/mol. The number of ketones is 1. The Morgan fingerprint density at radius 1 is 1.50 bits per heavy atom. The molecule has 2 nitrogen and oxygen atoms in total. The molecule has 0 bridgehead atoms. The molecule has 1 aliphatic rings. The van der Waals surface area contributed by atoms with E-state index in [4.69, 9.17) is 5.73 Å². The Hall–Kier alpha value is -0.800. The zero-order chi connectivity index (χ0) is 13.0. The van der Waals surface area contributed by atoms with Gasteiger partial charge >= 0.3 is 0 Å². The molecular weight excluding hydrogens is 242 g/mol. The van der Waals surface area contributed by atoms with Crippen LogP contribution < -0.4 is 5.73 Å². The largest absolute Gasteiger partial charge is 0.330 e.